The molecule has 0 aromatic heterocycles. The van der Waals surface area contributed by atoms with E-state index in [9.17, 15) is 4.79 Å². The van der Waals surface area contributed by atoms with Crippen LogP contribution in [-0.2, 0) is 9.53 Å². The molecule has 6 heteroatoms. The number of halogens is 1. The summed E-state index contributed by atoms with van der Waals surface area (Å²) in [5, 5.41) is 0. The molecule has 1 aromatic carbocycles. The molecule has 1 saturated heterocycles. The molecule has 1 aliphatic rings. The predicted octanol–water partition coefficient (Wildman–Crippen LogP) is 2.33. The van der Waals surface area contributed by atoms with E-state index in [0.717, 1.165) is 22.3 Å². The van der Waals surface area contributed by atoms with Crippen LogP contribution in [0.1, 0.15) is 12.5 Å². The summed E-state index contributed by atoms with van der Waals surface area (Å²) in [5.74, 6) is 0.0441. The minimum absolute atomic E-state index is 0.0813. The maximum Gasteiger partial charge on any atom is 0.310 e. The molecule has 1 aromatic rings. The molecular formula is C14H17BrN2O2S. The SMILES string of the molecule is COC(=O)C1CN(c2ccc(C(N)=S)cc2Br)CC1C. The molecule has 1 heterocycles. The Morgan fingerprint density at radius 2 is 2.20 bits per heavy atom. The fraction of sp³-hybridized carbons (Fsp3) is 0.429. The van der Waals surface area contributed by atoms with E-state index in [4.69, 9.17) is 22.7 Å². The number of rotatable bonds is 3. The van der Waals surface area contributed by atoms with Gasteiger partial charge in [-0.15, -0.1) is 0 Å². The van der Waals surface area contributed by atoms with Crippen molar-refractivity contribution in [2.24, 2.45) is 17.6 Å². The molecule has 2 atom stereocenters. The van der Waals surface area contributed by atoms with Gasteiger partial charge in [0.15, 0.2) is 0 Å². The standard InChI is InChI=1S/C14H17BrN2O2S/c1-8-6-17(7-10(8)14(18)19-2)12-4-3-9(13(16)20)5-11(12)15/h3-5,8,10H,6-7H2,1-2H3,(H2,16,20). The number of benzene rings is 1. The normalized spacial score (nSPS) is 21.9. The number of hydrogen-bond donors (Lipinski definition) is 1. The van der Waals surface area contributed by atoms with E-state index in [-0.39, 0.29) is 17.8 Å². The van der Waals surface area contributed by atoms with Crippen molar-refractivity contribution in [2.75, 3.05) is 25.1 Å². The van der Waals surface area contributed by atoms with Gasteiger partial charge in [0, 0.05) is 23.1 Å². The number of esters is 1. The number of nitrogens with two attached hydrogens (primary N) is 1. The summed E-state index contributed by atoms with van der Waals surface area (Å²) >= 11 is 8.52. The summed E-state index contributed by atoms with van der Waals surface area (Å²) in [6, 6.07) is 5.79. The minimum atomic E-state index is -0.143. The first-order valence-electron chi connectivity index (χ1n) is 6.36. The van der Waals surface area contributed by atoms with Crippen LogP contribution in [0.5, 0.6) is 0 Å². The predicted molar refractivity (Wildman–Crippen MR) is 86.9 cm³/mol. The Labute approximate surface area is 132 Å². The molecular weight excluding hydrogens is 340 g/mol. The van der Waals surface area contributed by atoms with Crippen LogP contribution in [0.3, 0.4) is 0 Å². The quantitative estimate of drug-likeness (QED) is 0.665. The number of methoxy groups -OCH3 is 1. The Morgan fingerprint density at radius 3 is 2.75 bits per heavy atom. The minimum Gasteiger partial charge on any atom is -0.469 e. The Hall–Kier alpha value is -1.14. The summed E-state index contributed by atoms with van der Waals surface area (Å²) in [6.07, 6.45) is 0. The molecule has 0 amide bonds. The van der Waals surface area contributed by atoms with Gasteiger partial charge in [-0.2, -0.15) is 0 Å². The van der Waals surface area contributed by atoms with Crippen molar-refractivity contribution < 1.29 is 9.53 Å². The molecule has 0 aliphatic carbocycles. The Bertz CT molecular complexity index is 550. The first-order valence-corrected chi connectivity index (χ1v) is 7.56. The maximum atomic E-state index is 11.7. The highest BCUT2D eigenvalue weighted by Crippen LogP contribution is 2.34. The maximum absolute atomic E-state index is 11.7. The van der Waals surface area contributed by atoms with Gasteiger partial charge in [-0.1, -0.05) is 19.1 Å². The first kappa shape index (κ1) is 15.3. The number of anilines is 1. The highest BCUT2D eigenvalue weighted by Gasteiger charge is 2.36. The molecule has 0 saturated carbocycles. The second-order valence-corrected chi connectivity index (χ2v) is 6.34. The molecule has 108 valence electrons. The Kier molecular flexibility index (Phi) is 4.65. The lowest BCUT2D eigenvalue weighted by Crippen LogP contribution is -2.24. The fourth-order valence-electron chi connectivity index (χ4n) is 2.54. The van der Waals surface area contributed by atoms with Crippen LogP contribution in [0.15, 0.2) is 22.7 Å². The Balaban J connectivity index is 2.21. The van der Waals surface area contributed by atoms with Crippen molar-refractivity contribution in [3.05, 3.63) is 28.2 Å². The molecule has 0 spiro atoms. The van der Waals surface area contributed by atoms with Crippen molar-refractivity contribution in [1.82, 2.24) is 0 Å². The lowest BCUT2D eigenvalue weighted by atomic mass is 9.99. The molecule has 1 aliphatic heterocycles. The van der Waals surface area contributed by atoms with Crippen molar-refractivity contribution in [3.8, 4) is 0 Å². The molecule has 20 heavy (non-hydrogen) atoms. The Morgan fingerprint density at radius 1 is 1.50 bits per heavy atom. The van der Waals surface area contributed by atoms with Gasteiger partial charge in [0.1, 0.15) is 4.99 Å². The van der Waals surface area contributed by atoms with Gasteiger partial charge in [-0.05, 0) is 40.0 Å². The lowest BCUT2D eigenvalue weighted by molar-refractivity contribution is -0.145. The van der Waals surface area contributed by atoms with Gasteiger partial charge < -0.3 is 15.4 Å². The van der Waals surface area contributed by atoms with Gasteiger partial charge in [-0.25, -0.2) is 0 Å². The van der Waals surface area contributed by atoms with E-state index >= 15 is 0 Å². The third-order valence-electron chi connectivity index (χ3n) is 3.69. The first-order chi connectivity index (χ1) is 9.43. The third-order valence-corrected chi connectivity index (χ3v) is 4.56. The second kappa shape index (κ2) is 6.10. The van der Waals surface area contributed by atoms with Crippen LogP contribution in [0.2, 0.25) is 0 Å². The van der Waals surface area contributed by atoms with Crippen molar-refractivity contribution >= 4 is 44.8 Å². The summed E-state index contributed by atoms with van der Waals surface area (Å²) in [7, 11) is 1.44. The topological polar surface area (TPSA) is 55.6 Å². The van der Waals surface area contributed by atoms with Crippen molar-refractivity contribution in [1.29, 1.82) is 0 Å². The monoisotopic (exact) mass is 356 g/mol. The molecule has 0 radical (unpaired) electrons. The summed E-state index contributed by atoms with van der Waals surface area (Å²) < 4.78 is 5.79. The summed E-state index contributed by atoms with van der Waals surface area (Å²) in [5.41, 5.74) is 7.49. The van der Waals surface area contributed by atoms with Crippen LogP contribution in [0.25, 0.3) is 0 Å². The number of thiocarbonyl (C=S) groups is 1. The molecule has 2 rings (SSSR count). The van der Waals surface area contributed by atoms with Crippen LogP contribution in [0, 0.1) is 11.8 Å². The molecule has 4 nitrogen and oxygen atoms in total. The van der Waals surface area contributed by atoms with Crippen LogP contribution < -0.4 is 10.6 Å². The molecule has 0 bridgehead atoms. The van der Waals surface area contributed by atoms with Gasteiger partial charge in [0.25, 0.3) is 0 Å². The summed E-state index contributed by atoms with van der Waals surface area (Å²) in [4.78, 5) is 14.3. The smallest absolute Gasteiger partial charge is 0.310 e. The van der Waals surface area contributed by atoms with Crippen molar-refractivity contribution in [3.63, 3.8) is 0 Å². The number of hydrogen-bond acceptors (Lipinski definition) is 4. The second-order valence-electron chi connectivity index (χ2n) is 5.04. The fourth-order valence-corrected chi connectivity index (χ4v) is 3.29. The number of carbonyl (C=O) groups is 1. The van der Waals surface area contributed by atoms with Crippen LogP contribution >= 0.6 is 28.1 Å². The summed E-state index contributed by atoms with van der Waals surface area (Å²) in [6.45, 7) is 3.56. The van der Waals surface area contributed by atoms with Gasteiger partial charge in [-0.3, -0.25) is 4.79 Å². The number of carbonyl (C=O) groups excluding carboxylic acids is 1. The van der Waals surface area contributed by atoms with Crippen LogP contribution in [-0.4, -0.2) is 31.2 Å². The zero-order chi connectivity index (χ0) is 14.9. The molecule has 1 fully saturated rings. The molecule has 2 N–H and O–H groups in total. The van der Waals surface area contributed by atoms with Crippen LogP contribution in [0.4, 0.5) is 5.69 Å². The zero-order valence-electron chi connectivity index (χ0n) is 11.4. The van der Waals surface area contributed by atoms with Gasteiger partial charge in [0.2, 0.25) is 0 Å². The third kappa shape index (κ3) is 2.96. The number of nitrogens with zero attached hydrogens (tertiary/aromatic N) is 1. The van der Waals surface area contributed by atoms with Gasteiger partial charge in [0.05, 0.1) is 18.7 Å². The van der Waals surface area contributed by atoms with E-state index in [1.807, 2.05) is 18.2 Å². The molecule has 2 unspecified atom stereocenters. The lowest BCUT2D eigenvalue weighted by Gasteiger charge is -2.20. The average Bonchev–Trinajstić information content (AvgIpc) is 2.79. The van der Waals surface area contributed by atoms with E-state index in [0.29, 0.717) is 11.5 Å². The highest BCUT2D eigenvalue weighted by molar-refractivity contribution is 9.10. The van der Waals surface area contributed by atoms with Gasteiger partial charge >= 0.3 is 5.97 Å². The number of ether oxygens (including phenoxy) is 1. The van der Waals surface area contributed by atoms with E-state index in [2.05, 4.69) is 27.8 Å². The average molecular weight is 357 g/mol. The van der Waals surface area contributed by atoms with E-state index in [1.165, 1.54) is 7.11 Å². The van der Waals surface area contributed by atoms with Crippen molar-refractivity contribution in [2.45, 2.75) is 6.92 Å². The van der Waals surface area contributed by atoms with E-state index < -0.39 is 0 Å². The zero-order valence-corrected chi connectivity index (χ0v) is 13.8. The van der Waals surface area contributed by atoms with E-state index in [1.54, 1.807) is 0 Å². The highest BCUT2D eigenvalue weighted by atomic mass is 79.9. The largest absolute Gasteiger partial charge is 0.469 e.